The van der Waals surface area contributed by atoms with Gasteiger partial charge in [-0.15, -0.1) is 0 Å². The molecule has 156 valence electrons. The van der Waals surface area contributed by atoms with Gasteiger partial charge in [0.1, 0.15) is 12.0 Å². The number of benzene rings is 2. The highest BCUT2D eigenvalue weighted by atomic mass is 35.5. The van der Waals surface area contributed by atoms with Gasteiger partial charge in [0.2, 0.25) is 0 Å². The summed E-state index contributed by atoms with van der Waals surface area (Å²) in [5.74, 6) is -1.17. The zero-order valence-corrected chi connectivity index (χ0v) is 16.7. The lowest BCUT2D eigenvalue weighted by Crippen LogP contribution is -2.48. The van der Waals surface area contributed by atoms with Crippen LogP contribution in [0.3, 0.4) is 0 Å². The molecule has 1 heterocycles. The minimum atomic E-state index is -1.47. The van der Waals surface area contributed by atoms with Crippen LogP contribution in [0.1, 0.15) is 47.6 Å². The Balaban J connectivity index is 1.74. The van der Waals surface area contributed by atoms with Crippen LogP contribution in [-0.2, 0) is 0 Å². The molecular weight excluding hydrogens is 412 g/mol. The van der Waals surface area contributed by atoms with E-state index in [0.29, 0.717) is 10.9 Å². The first-order valence-electron chi connectivity index (χ1n) is 9.71. The highest BCUT2D eigenvalue weighted by Crippen LogP contribution is 2.42. The van der Waals surface area contributed by atoms with Crippen LogP contribution in [0.4, 0.5) is 8.78 Å². The first-order chi connectivity index (χ1) is 14.4. The van der Waals surface area contributed by atoms with E-state index in [4.69, 9.17) is 11.6 Å². The molecule has 2 N–H and O–H groups in total. The smallest absolute Gasteiger partial charge is 0.254 e. The maximum atomic E-state index is 14.2. The maximum Gasteiger partial charge on any atom is 0.254 e. The normalized spacial score (nSPS) is 22.6. The van der Waals surface area contributed by atoms with Crippen molar-refractivity contribution in [3.63, 3.8) is 0 Å². The summed E-state index contributed by atoms with van der Waals surface area (Å²) in [4.78, 5) is 13.2. The van der Waals surface area contributed by atoms with E-state index in [1.807, 2.05) is 0 Å². The topological polar surface area (TPSA) is 75.1 Å². The number of fused-ring (bicyclic) bond motifs is 1. The Kier molecular flexibility index (Phi) is 5.66. The molecule has 2 aromatic carbocycles. The lowest BCUT2D eigenvalue weighted by Gasteiger charge is -2.41. The van der Waals surface area contributed by atoms with Gasteiger partial charge in [-0.25, -0.2) is 8.78 Å². The summed E-state index contributed by atoms with van der Waals surface area (Å²) in [6, 6.07) is 10.2. The summed E-state index contributed by atoms with van der Waals surface area (Å²) in [5.41, 5.74) is -0.412. The molecule has 3 aromatic rings. The number of aromatic nitrogens is 2. The quantitative estimate of drug-likeness (QED) is 0.636. The number of hydrogen-bond acceptors (Lipinski definition) is 4. The number of carbonyl (C=O) groups is 1. The monoisotopic (exact) mass is 431 g/mol. The van der Waals surface area contributed by atoms with Gasteiger partial charge in [0.15, 0.2) is 0 Å². The van der Waals surface area contributed by atoms with E-state index >= 15 is 0 Å². The fraction of sp³-hybridized carbons (Fsp3) is 0.318. The van der Waals surface area contributed by atoms with Crippen LogP contribution in [0, 0.1) is 5.82 Å². The number of rotatable bonds is 4. The first kappa shape index (κ1) is 20.6. The molecule has 8 heteroatoms. The molecule has 0 spiro atoms. The molecule has 1 aliphatic carbocycles. The molecule has 1 atom stereocenters. The van der Waals surface area contributed by atoms with Crippen molar-refractivity contribution in [2.24, 2.45) is 0 Å². The molecular formula is C22H20ClF2N3O2. The summed E-state index contributed by atoms with van der Waals surface area (Å²) >= 11 is 6.19. The van der Waals surface area contributed by atoms with Gasteiger partial charge in [0.25, 0.3) is 5.91 Å². The van der Waals surface area contributed by atoms with E-state index in [-0.39, 0.29) is 41.8 Å². The number of aliphatic hydroxyl groups is 1. The number of nitrogens with one attached hydrogen (secondary N) is 1. The first-order valence-corrected chi connectivity index (χ1v) is 10.1. The Bertz CT molecular complexity index is 1080. The predicted octanol–water partition coefficient (Wildman–Crippen LogP) is 4.54. The van der Waals surface area contributed by atoms with Crippen LogP contribution >= 0.6 is 11.6 Å². The summed E-state index contributed by atoms with van der Waals surface area (Å²) in [5, 5.41) is 22.4. The molecule has 0 aliphatic heterocycles. The van der Waals surface area contributed by atoms with E-state index in [1.54, 1.807) is 30.3 Å². The SMILES string of the molecule is O=C(NC(c1cccc(F)c1Cl)[C@]1(O)CC[C@@H](F)CC1)c1cnnc2ccccc12. The van der Waals surface area contributed by atoms with Crippen LogP contribution in [-0.4, -0.2) is 33.0 Å². The third-order valence-corrected chi connectivity index (χ3v) is 6.08. The Morgan fingerprint density at radius 1 is 1.20 bits per heavy atom. The van der Waals surface area contributed by atoms with Crippen molar-refractivity contribution in [3.8, 4) is 0 Å². The largest absolute Gasteiger partial charge is 0.387 e. The number of alkyl halides is 1. The minimum absolute atomic E-state index is 0.112. The van der Waals surface area contributed by atoms with Crippen LogP contribution in [0.5, 0.6) is 0 Å². The van der Waals surface area contributed by atoms with Gasteiger partial charge in [0, 0.05) is 5.39 Å². The second kappa shape index (κ2) is 8.24. The molecule has 1 aliphatic rings. The molecule has 5 nitrogen and oxygen atoms in total. The summed E-state index contributed by atoms with van der Waals surface area (Å²) in [6.07, 6.45) is 0.843. The second-order valence-corrected chi connectivity index (χ2v) is 7.98. The standard InChI is InChI=1S/C22H20ClF2N3O2/c23-19-15(5-3-6-17(19)25)20(22(30)10-8-13(24)9-11-22)27-21(29)16-12-26-28-18-7-2-1-4-14(16)18/h1-7,12-13,20,30H,8-11H2,(H,27,29)/t13-,20?,22+. The van der Waals surface area contributed by atoms with Crippen LogP contribution in [0.2, 0.25) is 5.02 Å². The molecule has 1 saturated carbocycles. The van der Waals surface area contributed by atoms with Crippen LogP contribution < -0.4 is 5.32 Å². The number of carbonyl (C=O) groups excluding carboxylic acids is 1. The Hall–Kier alpha value is -2.64. The molecule has 1 aromatic heterocycles. The van der Waals surface area contributed by atoms with Crippen molar-refractivity contribution in [2.75, 3.05) is 0 Å². The molecule has 0 saturated heterocycles. The zero-order chi connectivity index (χ0) is 21.3. The van der Waals surface area contributed by atoms with E-state index in [9.17, 15) is 18.7 Å². The van der Waals surface area contributed by atoms with E-state index < -0.39 is 29.5 Å². The van der Waals surface area contributed by atoms with Gasteiger partial charge in [-0.3, -0.25) is 4.79 Å². The van der Waals surface area contributed by atoms with E-state index in [0.717, 1.165) is 0 Å². The maximum absolute atomic E-state index is 14.2. The molecule has 1 amide bonds. The highest BCUT2D eigenvalue weighted by Gasteiger charge is 2.43. The number of nitrogens with zero attached hydrogens (tertiary/aromatic N) is 2. The van der Waals surface area contributed by atoms with Crippen molar-refractivity contribution in [1.82, 2.24) is 15.5 Å². The van der Waals surface area contributed by atoms with Gasteiger partial charge in [-0.2, -0.15) is 10.2 Å². The van der Waals surface area contributed by atoms with Crippen molar-refractivity contribution in [1.29, 1.82) is 0 Å². The minimum Gasteiger partial charge on any atom is -0.387 e. The fourth-order valence-corrected chi connectivity index (χ4v) is 4.25. The van der Waals surface area contributed by atoms with Crippen LogP contribution in [0.15, 0.2) is 48.7 Å². The average molecular weight is 432 g/mol. The molecule has 4 rings (SSSR count). The molecule has 0 radical (unpaired) electrons. The summed E-state index contributed by atoms with van der Waals surface area (Å²) < 4.78 is 27.9. The van der Waals surface area contributed by atoms with Gasteiger partial charge < -0.3 is 10.4 Å². The van der Waals surface area contributed by atoms with Gasteiger partial charge >= 0.3 is 0 Å². The lowest BCUT2D eigenvalue weighted by molar-refractivity contribution is -0.0445. The third-order valence-electron chi connectivity index (χ3n) is 5.68. The average Bonchev–Trinajstić information content (AvgIpc) is 2.76. The number of amides is 1. The third kappa shape index (κ3) is 3.87. The van der Waals surface area contributed by atoms with Crippen molar-refractivity contribution in [3.05, 3.63) is 70.6 Å². The predicted molar refractivity (Wildman–Crippen MR) is 109 cm³/mol. The van der Waals surface area contributed by atoms with Crippen molar-refractivity contribution >= 4 is 28.4 Å². The van der Waals surface area contributed by atoms with Gasteiger partial charge in [-0.05, 0) is 43.4 Å². The molecule has 0 bridgehead atoms. The Morgan fingerprint density at radius 3 is 2.70 bits per heavy atom. The van der Waals surface area contributed by atoms with E-state index in [1.165, 1.54) is 18.3 Å². The lowest BCUT2D eigenvalue weighted by atomic mass is 9.76. The van der Waals surface area contributed by atoms with Gasteiger partial charge in [-0.1, -0.05) is 41.9 Å². The van der Waals surface area contributed by atoms with Crippen molar-refractivity contribution in [2.45, 2.75) is 43.5 Å². The van der Waals surface area contributed by atoms with Gasteiger partial charge in [0.05, 0.1) is 33.9 Å². The Labute approximate surface area is 177 Å². The number of halogens is 3. The molecule has 1 unspecified atom stereocenters. The number of hydrogen-bond donors (Lipinski definition) is 2. The fourth-order valence-electron chi connectivity index (χ4n) is 4.01. The molecule has 1 fully saturated rings. The van der Waals surface area contributed by atoms with E-state index in [2.05, 4.69) is 15.5 Å². The summed E-state index contributed by atoms with van der Waals surface area (Å²) in [7, 11) is 0. The zero-order valence-electron chi connectivity index (χ0n) is 16.0. The van der Waals surface area contributed by atoms with Crippen LogP contribution in [0.25, 0.3) is 10.9 Å². The highest BCUT2D eigenvalue weighted by molar-refractivity contribution is 6.31. The molecule has 30 heavy (non-hydrogen) atoms. The second-order valence-electron chi connectivity index (χ2n) is 7.60. The summed E-state index contributed by atoms with van der Waals surface area (Å²) in [6.45, 7) is 0. The Morgan fingerprint density at radius 2 is 1.93 bits per heavy atom. The van der Waals surface area contributed by atoms with Crippen molar-refractivity contribution < 1.29 is 18.7 Å².